The van der Waals surface area contributed by atoms with Crippen LogP contribution in [0, 0.1) is 5.41 Å². The van der Waals surface area contributed by atoms with Gasteiger partial charge in [-0.3, -0.25) is 5.41 Å². The highest BCUT2D eigenvalue weighted by molar-refractivity contribution is 8.16. The Labute approximate surface area is 173 Å². The number of unbranched alkanes of at least 4 members (excludes halogenated alkanes) is 1. The summed E-state index contributed by atoms with van der Waals surface area (Å²) < 4.78 is 13.4. The lowest BCUT2D eigenvalue weighted by atomic mass is 10.1. The summed E-state index contributed by atoms with van der Waals surface area (Å²) in [6.07, 6.45) is 5.51. The molecule has 3 heterocycles. The topological polar surface area (TPSA) is 98.7 Å². The number of nitrogens with zero attached hydrogens (tertiary/aromatic N) is 2. The number of nitrogen functional groups attached to an aromatic ring is 1. The van der Waals surface area contributed by atoms with Gasteiger partial charge in [-0.2, -0.15) is 0 Å². The second-order valence-corrected chi connectivity index (χ2v) is 10.3. The summed E-state index contributed by atoms with van der Waals surface area (Å²) in [7, 11) is 0. The first kappa shape index (κ1) is 20.3. The van der Waals surface area contributed by atoms with Crippen LogP contribution in [0.1, 0.15) is 32.4 Å². The molecular weight excluding hydrogens is 416 g/mol. The molecule has 9 heteroatoms. The number of nitrogens with one attached hydrogen (secondary N) is 1. The molecule has 0 radical (unpaired) electrons. The third-order valence-electron chi connectivity index (χ3n) is 3.77. The van der Waals surface area contributed by atoms with Crippen molar-refractivity contribution in [2.75, 3.05) is 11.5 Å². The van der Waals surface area contributed by atoms with Gasteiger partial charge in [0.25, 0.3) is 0 Å². The minimum atomic E-state index is -1.14. The number of hydrogen-bond donors (Lipinski definition) is 2. The Kier molecular flexibility index (Phi) is 6.93. The number of aromatic nitrogens is 2. The van der Waals surface area contributed by atoms with Crippen LogP contribution in [0.2, 0.25) is 0 Å². The number of thiophene rings is 1. The molecular formula is C18H20N4OS4. The average Bonchev–Trinajstić information content (AvgIpc) is 3.32. The van der Waals surface area contributed by atoms with Gasteiger partial charge >= 0.3 is 0 Å². The summed E-state index contributed by atoms with van der Waals surface area (Å²) in [4.78, 5) is 9.77. The Morgan fingerprint density at radius 1 is 1.48 bits per heavy atom. The fraction of sp³-hybridized carbons (Fsp3) is 0.278. The van der Waals surface area contributed by atoms with E-state index in [1.165, 1.54) is 34.4 Å². The van der Waals surface area contributed by atoms with Gasteiger partial charge in [-0.15, -0.1) is 11.3 Å². The molecule has 0 aliphatic carbocycles. The lowest BCUT2D eigenvalue weighted by Crippen LogP contribution is -2.06. The monoisotopic (exact) mass is 436 g/mol. The number of thiazole rings is 1. The minimum absolute atomic E-state index is 0.355. The molecule has 3 N–H and O–H groups in total. The van der Waals surface area contributed by atoms with E-state index in [1.54, 1.807) is 6.20 Å². The van der Waals surface area contributed by atoms with Crippen LogP contribution in [-0.4, -0.2) is 25.3 Å². The van der Waals surface area contributed by atoms with Crippen molar-refractivity contribution in [3.05, 3.63) is 34.8 Å². The second kappa shape index (κ2) is 9.20. The van der Waals surface area contributed by atoms with Crippen molar-refractivity contribution < 1.29 is 4.55 Å². The number of hydrogen-bond acceptors (Lipinski definition) is 8. The van der Waals surface area contributed by atoms with Gasteiger partial charge < -0.3 is 10.3 Å². The fourth-order valence-electron chi connectivity index (χ4n) is 2.48. The molecule has 0 aliphatic heterocycles. The highest BCUT2D eigenvalue weighted by Gasteiger charge is 2.25. The number of fused-ring (bicyclic) bond motifs is 1. The summed E-state index contributed by atoms with van der Waals surface area (Å²) in [5.74, 6) is 0.597. The van der Waals surface area contributed by atoms with Crippen LogP contribution in [-0.2, 0) is 11.2 Å². The lowest BCUT2D eigenvalue weighted by Gasteiger charge is -2.08. The number of thioether (sulfide) groups is 1. The predicted octanol–water partition coefficient (Wildman–Crippen LogP) is 5.50. The SMILES string of the molecule is C/C=C\SC(=N)c1cc(-c2nccs2)c2c(N)c([S+]([O-])CCCC)sc2n1. The van der Waals surface area contributed by atoms with Crippen LogP contribution in [0.4, 0.5) is 5.69 Å². The Bertz CT molecular complexity index is 966. The van der Waals surface area contributed by atoms with Crippen LogP contribution in [0.15, 0.2) is 33.3 Å². The van der Waals surface area contributed by atoms with E-state index < -0.39 is 11.2 Å². The molecule has 0 aliphatic rings. The molecule has 27 heavy (non-hydrogen) atoms. The quantitative estimate of drug-likeness (QED) is 0.289. The van der Waals surface area contributed by atoms with Gasteiger partial charge in [-0.25, -0.2) is 9.97 Å². The first-order valence-electron chi connectivity index (χ1n) is 8.44. The zero-order chi connectivity index (χ0) is 19.4. The van der Waals surface area contributed by atoms with Crippen molar-refractivity contribution in [1.82, 2.24) is 9.97 Å². The molecule has 0 bridgehead atoms. The third kappa shape index (κ3) is 4.38. The van der Waals surface area contributed by atoms with Crippen molar-refractivity contribution in [1.29, 1.82) is 5.41 Å². The van der Waals surface area contributed by atoms with Gasteiger partial charge in [-0.05, 0) is 36.0 Å². The number of rotatable bonds is 7. The molecule has 0 spiro atoms. The smallest absolute Gasteiger partial charge is 0.232 e. The molecule has 0 aromatic carbocycles. The van der Waals surface area contributed by atoms with E-state index in [4.69, 9.17) is 11.1 Å². The van der Waals surface area contributed by atoms with Crippen LogP contribution < -0.4 is 5.73 Å². The van der Waals surface area contributed by atoms with E-state index in [0.29, 0.717) is 31.2 Å². The average molecular weight is 437 g/mol. The summed E-state index contributed by atoms with van der Waals surface area (Å²) in [5, 5.41) is 14.0. The Balaban J connectivity index is 2.15. The zero-order valence-electron chi connectivity index (χ0n) is 15.0. The standard InChI is InChI=1S/C18H20N4OS4/c1-3-5-9-27(23)18-14(19)13-11(16-21-6-8-25-16)10-12(22-17(13)26-18)15(20)24-7-4-2/h4,6-8,10,20H,3,5,9,19H2,1-2H3/b7-4-,20-15?. The molecule has 3 aromatic rings. The van der Waals surface area contributed by atoms with Gasteiger partial charge in [0.05, 0.1) is 11.1 Å². The Hall–Kier alpha value is -1.39. The summed E-state index contributed by atoms with van der Waals surface area (Å²) >= 11 is 3.05. The maximum atomic E-state index is 12.7. The van der Waals surface area contributed by atoms with E-state index in [2.05, 4.69) is 16.9 Å². The number of nitrogens with two attached hydrogens (primary N) is 1. The molecule has 1 atom stereocenters. The first-order chi connectivity index (χ1) is 13.1. The first-order valence-corrected chi connectivity index (χ1v) is 12.3. The second-order valence-electron chi connectivity index (χ2n) is 5.70. The van der Waals surface area contributed by atoms with Crippen molar-refractivity contribution in [3.8, 4) is 10.6 Å². The molecule has 0 saturated heterocycles. The number of allylic oxidation sites excluding steroid dienone is 1. The fourth-order valence-corrected chi connectivity index (χ4v) is 6.43. The lowest BCUT2D eigenvalue weighted by molar-refractivity contribution is 0.594. The molecule has 142 valence electrons. The van der Waals surface area contributed by atoms with Crippen LogP contribution in [0.5, 0.6) is 0 Å². The van der Waals surface area contributed by atoms with Gasteiger partial charge in [0.2, 0.25) is 4.21 Å². The van der Waals surface area contributed by atoms with E-state index in [9.17, 15) is 4.55 Å². The highest BCUT2D eigenvalue weighted by atomic mass is 32.2. The minimum Gasteiger partial charge on any atom is -0.611 e. The normalized spacial score (nSPS) is 12.9. The van der Waals surface area contributed by atoms with Gasteiger partial charge in [-0.1, -0.05) is 42.5 Å². The molecule has 3 rings (SSSR count). The number of anilines is 1. The Morgan fingerprint density at radius 3 is 2.96 bits per heavy atom. The molecule has 0 amide bonds. The molecule has 5 nitrogen and oxygen atoms in total. The van der Waals surface area contributed by atoms with Gasteiger partial charge in [0.1, 0.15) is 26.3 Å². The third-order valence-corrected chi connectivity index (χ3v) is 8.43. The maximum absolute atomic E-state index is 12.7. The largest absolute Gasteiger partial charge is 0.611 e. The molecule has 1 unspecified atom stereocenters. The zero-order valence-corrected chi connectivity index (χ0v) is 18.3. The van der Waals surface area contributed by atoms with E-state index in [-0.39, 0.29) is 0 Å². The van der Waals surface area contributed by atoms with Gasteiger partial charge in [0.15, 0.2) is 0 Å². The summed E-state index contributed by atoms with van der Waals surface area (Å²) in [5.41, 5.74) is 8.36. The van der Waals surface area contributed by atoms with E-state index >= 15 is 0 Å². The predicted molar refractivity (Wildman–Crippen MR) is 121 cm³/mol. The van der Waals surface area contributed by atoms with Crippen molar-refractivity contribution in [3.63, 3.8) is 0 Å². The molecule has 0 fully saturated rings. The van der Waals surface area contributed by atoms with E-state index in [1.807, 2.05) is 29.9 Å². The van der Waals surface area contributed by atoms with Gasteiger partial charge in [0, 0.05) is 17.1 Å². The highest BCUT2D eigenvalue weighted by Crippen LogP contribution is 2.43. The van der Waals surface area contributed by atoms with Crippen LogP contribution >= 0.6 is 34.4 Å². The maximum Gasteiger partial charge on any atom is 0.232 e. The van der Waals surface area contributed by atoms with Crippen molar-refractivity contribution >= 4 is 66.6 Å². The van der Waals surface area contributed by atoms with Crippen molar-refractivity contribution in [2.45, 2.75) is 30.9 Å². The number of pyridine rings is 1. The van der Waals surface area contributed by atoms with Crippen LogP contribution in [0.25, 0.3) is 20.8 Å². The summed E-state index contributed by atoms with van der Waals surface area (Å²) in [6, 6.07) is 1.86. The molecule has 0 saturated carbocycles. The van der Waals surface area contributed by atoms with E-state index in [0.717, 1.165) is 28.8 Å². The molecule has 3 aromatic heterocycles. The van der Waals surface area contributed by atoms with Crippen LogP contribution in [0.3, 0.4) is 0 Å². The van der Waals surface area contributed by atoms with Crippen molar-refractivity contribution in [2.24, 2.45) is 0 Å². The Morgan fingerprint density at radius 2 is 2.30 bits per heavy atom. The summed E-state index contributed by atoms with van der Waals surface area (Å²) in [6.45, 7) is 3.99.